The molecule has 8 heteroatoms. The number of aliphatic hydroxyl groups excluding tert-OH is 1. The Morgan fingerprint density at radius 3 is 2.42 bits per heavy atom. The van der Waals surface area contributed by atoms with Crippen molar-refractivity contribution in [2.75, 3.05) is 20.8 Å². The highest BCUT2D eigenvalue weighted by Gasteiger charge is 2.18. The maximum Gasteiger partial charge on any atom is 0.262 e. The molecule has 1 aromatic carbocycles. The van der Waals surface area contributed by atoms with Crippen molar-refractivity contribution in [3.8, 4) is 11.5 Å². The van der Waals surface area contributed by atoms with E-state index >= 15 is 0 Å². The zero-order valence-electron chi connectivity index (χ0n) is 15.7. The molecule has 0 fully saturated rings. The monoisotopic (exact) mass is 363 g/mol. The molecule has 1 unspecified atom stereocenters. The van der Waals surface area contributed by atoms with Crippen molar-refractivity contribution in [3.63, 3.8) is 0 Å². The van der Waals surface area contributed by atoms with Gasteiger partial charge in [-0.3, -0.25) is 14.2 Å². The van der Waals surface area contributed by atoms with E-state index in [9.17, 15) is 14.7 Å². The van der Waals surface area contributed by atoms with Gasteiger partial charge in [-0.2, -0.15) is 0 Å². The van der Waals surface area contributed by atoms with E-state index in [1.165, 1.54) is 18.8 Å². The number of fused-ring (bicyclic) bond motifs is 1. The van der Waals surface area contributed by atoms with Crippen LogP contribution in [0.5, 0.6) is 11.5 Å². The van der Waals surface area contributed by atoms with Gasteiger partial charge in [-0.1, -0.05) is 13.8 Å². The van der Waals surface area contributed by atoms with Gasteiger partial charge in [0.1, 0.15) is 12.4 Å². The van der Waals surface area contributed by atoms with Crippen molar-refractivity contribution in [2.45, 2.75) is 33.4 Å². The Morgan fingerprint density at radius 1 is 1.27 bits per heavy atom. The number of amides is 1. The quantitative estimate of drug-likeness (QED) is 0.756. The van der Waals surface area contributed by atoms with Crippen molar-refractivity contribution < 1.29 is 19.4 Å². The lowest BCUT2D eigenvalue weighted by Gasteiger charge is -2.20. The fourth-order valence-electron chi connectivity index (χ4n) is 2.66. The summed E-state index contributed by atoms with van der Waals surface area (Å²) in [6.07, 6.45) is 0. The second kappa shape index (κ2) is 8.18. The number of rotatable bonds is 7. The smallest absolute Gasteiger partial charge is 0.262 e. The highest BCUT2D eigenvalue weighted by Crippen LogP contribution is 2.30. The molecule has 0 saturated carbocycles. The van der Waals surface area contributed by atoms with Gasteiger partial charge < -0.3 is 19.9 Å². The van der Waals surface area contributed by atoms with Gasteiger partial charge in [0.15, 0.2) is 11.5 Å². The van der Waals surface area contributed by atoms with Crippen LogP contribution in [0.2, 0.25) is 0 Å². The zero-order chi connectivity index (χ0) is 19.4. The normalized spacial score (nSPS) is 12.3. The third-order valence-corrected chi connectivity index (χ3v) is 4.30. The first kappa shape index (κ1) is 19.7. The summed E-state index contributed by atoms with van der Waals surface area (Å²) in [5.74, 6) is 1.02. The average molecular weight is 363 g/mol. The summed E-state index contributed by atoms with van der Waals surface area (Å²) in [6, 6.07) is 2.83. The third-order valence-electron chi connectivity index (χ3n) is 4.30. The van der Waals surface area contributed by atoms with Gasteiger partial charge in [-0.05, 0) is 18.9 Å². The Labute approximate surface area is 151 Å². The summed E-state index contributed by atoms with van der Waals surface area (Å²) in [7, 11) is 2.99. The summed E-state index contributed by atoms with van der Waals surface area (Å²) in [4.78, 5) is 29.5. The van der Waals surface area contributed by atoms with E-state index in [1.54, 1.807) is 19.1 Å². The second-order valence-corrected chi connectivity index (χ2v) is 6.38. The number of aliphatic hydroxyl groups is 1. The number of benzene rings is 1. The molecule has 0 saturated heterocycles. The van der Waals surface area contributed by atoms with Gasteiger partial charge in [0.2, 0.25) is 5.91 Å². The Balaban J connectivity index is 2.42. The molecule has 2 rings (SSSR count). The van der Waals surface area contributed by atoms with Crippen molar-refractivity contribution in [2.24, 2.45) is 5.92 Å². The van der Waals surface area contributed by atoms with E-state index in [2.05, 4.69) is 10.3 Å². The number of hydrogen-bond donors (Lipinski definition) is 2. The van der Waals surface area contributed by atoms with Gasteiger partial charge in [0, 0.05) is 6.07 Å². The number of carbonyl (C=O) groups is 1. The van der Waals surface area contributed by atoms with E-state index in [0.29, 0.717) is 28.2 Å². The highest BCUT2D eigenvalue weighted by atomic mass is 16.5. The van der Waals surface area contributed by atoms with Crippen molar-refractivity contribution in [1.82, 2.24) is 14.9 Å². The lowest BCUT2D eigenvalue weighted by Crippen LogP contribution is -2.44. The van der Waals surface area contributed by atoms with E-state index in [-0.39, 0.29) is 36.6 Å². The predicted octanol–water partition coefficient (Wildman–Crippen LogP) is 0.855. The molecule has 1 atom stereocenters. The molecule has 0 aliphatic heterocycles. The molecule has 1 amide bonds. The lowest BCUT2D eigenvalue weighted by atomic mass is 10.1. The molecule has 0 spiro atoms. The molecular weight excluding hydrogens is 338 g/mol. The minimum Gasteiger partial charge on any atom is -0.493 e. The third kappa shape index (κ3) is 3.96. The summed E-state index contributed by atoms with van der Waals surface area (Å²) in [5.41, 5.74) is 0.130. The van der Waals surface area contributed by atoms with Gasteiger partial charge in [0.05, 0.1) is 37.8 Å². The second-order valence-electron chi connectivity index (χ2n) is 6.38. The Hall–Kier alpha value is -2.61. The Bertz CT molecular complexity index is 860. The number of aryl methyl sites for hydroxylation is 1. The summed E-state index contributed by atoms with van der Waals surface area (Å²) >= 11 is 0. The number of nitrogens with one attached hydrogen (secondary N) is 1. The number of nitrogens with zero attached hydrogens (tertiary/aromatic N) is 2. The van der Waals surface area contributed by atoms with Crippen molar-refractivity contribution in [1.29, 1.82) is 0 Å². The van der Waals surface area contributed by atoms with Gasteiger partial charge in [-0.15, -0.1) is 0 Å². The molecule has 26 heavy (non-hydrogen) atoms. The topological polar surface area (TPSA) is 103 Å². The first-order valence-electron chi connectivity index (χ1n) is 8.35. The molecule has 2 N–H and O–H groups in total. The highest BCUT2D eigenvalue weighted by molar-refractivity contribution is 5.82. The molecule has 0 aliphatic carbocycles. The number of ether oxygens (including phenoxy) is 2. The molecule has 0 radical (unpaired) electrons. The van der Waals surface area contributed by atoms with E-state index in [4.69, 9.17) is 9.47 Å². The number of aromatic nitrogens is 2. The maximum absolute atomic E-state index is 12.8. The van der Waals surface area contributed by atoms with Gasteiger partial charge in [0.25, 0.3) is 5.56 Å². The number of carbonyl (C=O) groups excluding carboxylic acids is 1. The zero-order valence-corrected chi connectivity index (χ0v) is 15.7. The van der Waals surface area contributed by atoms with E-state index in [0.717, 1.165) is 0 Å². The summed E-state index contributed by atoms with van der Waals surface area (Å²) < 4.78 is 11.8. The Morgan fingerprint density at radius 2 is 1.88 bits per heavy atom. The van der Waals surface area contributed by atoms with Crippen LogP contribution in [0.15, 0.2) is 16.9 Å². The first-order chi connectivity index (χ1) is 12.3. The minimum atomic E-state index is -0.365. The van der Waals surface area contributed by atoms with Crippen molar-refractivity contribution in [3.05, 3.63) is 28.3 Å². The Kier molecular flexibility index (Phi) is 6.20. The van der Waals surface area contributed by atoms with Crippen LogP contribution in [0.3, 0.4) is 0 Å². The molecule has 0 bridgehead atoms. The molecule has 2 aromatic rings. The predicted molar refractivity (Wildman–Crippen MR) is 97.7 cm³/mol. The van der Waals surface area contributed by atoms with Crippen LogP contribution in [0.25, 0.3) is 10.9 Å². The van der Waals surface area contributed by atoms with Crippen LogP contribution in [0, 0.1) is 12.8 Å². The molecule has 1 aromatic heterocycles. The van der Waals surface area contributed by atoms with E-state index < -0.39 is 0 Å². The summed E-state index contributed by atoms with van der Waals surface area (Å²) in [5, 5.41) is 12.4. The van der Waals surface area contributed by atoms with Crippen LogP contribution < -0.4 is 20.3 Å². The number of hydrogen-bond acceptors (Lipinski definition) is 6. The summed E-state index contributed by atoms with van der Waals surface area (Å²) in [6.45, 7) is 5.12. The van der Waals surface area contributed by atoms with E-state index in [1.807, 2.05) is 13.8 Å². The molecule has 1 heterocycles. The maximum atomic E-state index is 12.8. The van der Waals surface area contributed by atoms with Crippen LogP contribution in [-0.2, 0) is 11.3 Å². The number of methoxy groups -OCH3 is 2. The van der Waals surface area contributed by atoms with Gasteiger partial charge in [-0.25, -0.2) is 4.98 Å². The average Bonchev–Trinajstić information content (AvgIpc) is 2.61. The first-order valence-corrected chi connectivity index (χ1v) is 8.35. The van der Waals surface area contributed by atoms with Crippen molar-refractivity contribution >= 4 is 16.8 Å². The lowest BCUT2D eigenvalue weighted by molar-refractivity contribution is -0.123. The van der Waals surface area contributed by atoms with Crippen LogP contribution in [0.1, 0.15) is 19.7 Å². The minimum absolute atomic E-state index is 0.0771. The fraction of sp³-hybridized carbons (Fsp3) is 0.500. The van der Waals surface area contributed by atoms with Gasteiger partial charge >= 0.3 is 0 Å². The molecule has 0 aliphatic rings. The van der Waals surface area contributed by atoms with Crippen LogP contribution >= 0.6 is 0 Å². The van der Waals surface area contributed by atoms with Crippen LogP contribution in [-0.4, -0.2) is 47.4 Å². The molecule has 8 nitrogen and oxygen atoms in total. The van der Waals surface area contributed by atoms with Crippen LogP contribution in [0.4, 0.5) is 0 Å². The largest absolute Gasteiger partial charge is 0.493 e. The molecular formula is C18H25N3O5. The standard InChI is InChI=1S/C18H25N3O5/c1-10(2)14(9-22)20-17(23)8-21-11(3)19-13-7-16(26-5)15(25-4)6-12(13)18(21)24/h6-7,10,14,22H,8-9H2,1-5H3,(H,20,23). The molecule has 142 valence electrons. The SMILES string of the molecule is COc1cc2nc(C)n(CC(=O)NC(CO)C(C)C)c(=O)c2cc1OC. The fourth-order valence-corrected chi connectivity index (χ4v) is 2.66.